The number of hydrogen-bond acceptors (Lipinski definition) is 3. The molecule has 0 aliphatic rings. The lowest BCUT2D eigenvalue weighted by Crippen LogP contribution is -2.56. The fourth-order valence-electron chi connectivity index (χ4n) is 1.09. The van der Waals surface area contributed by atoms with E-state index in [1.807, 2.05) is 0 Å². The molecule has 3 nitrogen and oxygen atoms in total. The molecule has 0 aliphatic carbocycles. The fraction of sp³-hybridized carbons (Fsp3) is 0.500. The normalized spacial score (nSPS) is 14.4. The lowest BCUT2D eigenvalue weighted by molar-refractivity contribution is -0.352. The summed E-state index contributed by atoms with van der Waals surface area (Å²) < 4.78 is 110. The minimum atomic E-state index is -6.55. The Morgan fingerprint density at radius 2 is 1.59 bits per heavy atom. The second-order valence-electron chi connectivity index (χ2n) is 3.79. The Kier molecular flexibility index (Phi) is 5.35. The quantitative estimate of drug-likeness (QED) is 0.736. The Morgan fingerprint density at radius 1 is 1.09 bits per heavy atom. The first kappa shape index (κ1) is 19.7. The van der Waals surface area contributed by atoms with Crippen LogP contribution in [0.5, 0.6) is 0 Å². The van der Waals surface area contributed by atoms with Gasteiger partial charge in [0, 0.05) is 0 Å². The summed E-state index contributed by atoms with van der Waals surface area (Å²) in [6, 6.07) is 0.733. The maximum Gasteiger partial charge on any atom is 0.459 e. The summed E-state index contributed by atoms with van der Waals surface area (Å²) >= 11 is 11.4. The number of nitrogens with one attached hydrogen (secondary N) is 1. The number of hydrogen-bond donors (Lipinski definition) is 1. The van der Waals surface area contributed by atoms with E-state index in [0.29, 0.717) is 11.3 Å². The lowest BCUT2D eigenvalue weighted by Gasteiger charge is -2.28. The fourth-order valence-corrected chi connectivity index (χ4v) is 4.27. The van der Waals surface area contributed by atoms with Crippen molar-refractivity contribution in [1.82, 2.24) is 4.72 Å². The standard InChI is InChI=1S/C8H4Cl2F7NO2S2/c9-4-1-3(5(10)21-4)22(19,20)18-2-6(11,12)7(13,14)8(15,16)17/h1,18H,2H2. The van der Waals surface area contributed by atoms with Gasteiger partial charge in [-0.3, -0.25) is 0 Å². The Labute approximate surface area is 133 Å². The highest BCUT2D eigenvalue weighted by atomic mass is 35.5. The zero-order chi connectivity index (χ0) is 17.6. The van der Waals surface area contributed by atoms with E-state index in [-0.39, 0.29) is 4.34 Å². The van der Waals surface area contributed by atoms with Gasteiger partial charge in [0.05, 0.1) is 10.9 Å². The molecule has 1 aromatic heterocycles. The first-order chi connectivity index (χ1) is 9.62. The Morgan fingerprint density at radius 3 is 1.95 bits per heavy atom. The molecule has 22 heavy (non-hydrogen) atoms. The van der Waals surface area contributed by atoms with Crippen molar-refractivity contribution >= 4 is 44.6 Å². The summed E-state index contributed by atoms with van der Waals surface area (Å²) in [5, 5.41) is 0. The SMILES string of the molecule is O=S(=O)(NCC(F)(F)C(F)(F)C(F)(F)F)c1cc(Cl)sc1Cl. The highest BCUT2D eigenvalue weighted by Gasteiger charge is 2.72. The van der Waals surface area contributed by atoms with E-state index in [2.05, 4.69) is 0 Å². The van der Waals surface area contributed by atoms with Crippen LogP contribution in [0.25, 0.3) is 0 Å². The highest BCUT2D eigenvalue weighted by molar-refractivity contribution is 7.89. The topological polar surface area (TPSA) is 46.2 Å². The molecule has 0 aliphatic heterocycles. The van der Waals surface area contributed by atoms with Crippen molar-refractivity contribution in [2.45, 2.75) is 22.9 Å². The Hall–Kier alpha value is -0.300. The van der Waals surface area contributed by atoms with Crippen molar-refractivity contribution in [2.75, 3.05) is 6.54 Å². The first-order valence-electron chi connectivity index (χ1n) is 4.89. The Balaban J connectivity index is 3.00. The number of halogens is 9. The summed E-state index contributed by atoms with van der Waals surface area (Å²) in [7, 11) is -4.85. The van der Waals surface area contributed by atoms with Crippen LogP contribution in [0.15, 0.2) is 11.0 Å². The molecule has 1 heterocycles. The van der Waals surface area contributed by atoms with Gasteiger partial charge in [0.25, 0.3) is 0 Å². The summed E-state index contributed by atoms with van der Waals surface area (Å²) in [6.45, 7) is -2.48. The summed E-state index contributed by atoms with van der Waals surface area (Å²) in [6.07, 6.45) is -6.55. The molecule has 0 bridgehead atoms. The zero-order valence-corrected chi connectivity index (χ0v) is 13.0. The maximum absolute atomic E-state index is 13.0. The number of sulfonamides is 1. The van der Waals surface area contributed by atoms with E-state index in [4.69, 9.17) is 23.2 Å². The highest BCUT2D eigenvalue weighted by Crippen LogP contribution is 2.46. The second kappa shape index (κ2) is 5.96. The van der Waals surface area contributed by atoms with Crippen LogP contribution in [-0.2, 0) is 10.0 Å². The molecule has 1 N–H and O–H groups in total. The first-order valence-corrected chi connectivity index (χ1v) is 7.94. The zero-order valence-electron chi connectivity index (χ0n) is 9.82. The molecular formula is C8H4Cl2F7NO2S2. The van der Waals surface area contributed by atoms with Crippen LogP contribution < -0.4 is 4.72 Å². The molecule has 128 valence electrons. The van der Waals surface area contributed by atoms with Crippen LogP contribution in [0.4, 0.5) is 30.7 Å². The lowest BCUT2D eigenvalue weighted by atomic mass is 10.1. The second-order valence-corrected chi connectivity index (χ2v) is 7.81. The molecule has 1 rings (SSSR count). The van der Waals surface area contributed by atoms with Crippen LogP contribution in [0.1, 0.15) is 0 Å². The smallest absolute Gasteiger partial charge is 0.207 e. The molecule has 0 spiro atoms. The minimum absolute atomic E-state index is 0.155. The van der Waals surface area contributed by atoms with E-state index in [1.165, 1.54) is 0 Å². The molecule has 0 aromatic carbocycles. The molecule has 1 aromatic rings. The van der Waals surface area contributed by atoms with Gasteiger partial charge in [-0.05, 0) is 6.07 Å². The third-order valence-corrected chi connectivity index (χ3v) is 5.37. The largest absolute Gasteiger partial charge is 0.459 e. The van der Waals surface area contributed by atoms with Gasteiger partial charge in [0.2, 0.25) is 10.0 Å². The molecule has 0 atom stereocenters. The van der Waals surface area contributed by atoms with Crippen LogP contribution in [0.2, 0.25) is 8.67 Å². The van der Waals surface area contributed by atoms with Crippen molar-refractivity contribution in [3.8, 4) is 0 Å². The predicted octanol–water partition coefficient (Wildman–Crippen LogP) is 4.17. The van der Waals surface area contributed by atoms with Gasteiger partial charge in [-0.25, -0.2) is 13.1 Å². The van der Waals surface area contributed by atoms with E-state index in [1.54, 1.807) is 0 Å². The average Bonchev–Trinajstić information content (AvgIpc) is 2.65. The number of alkyl halides is 7. The third kappa shape index (κ3) is 3.78. The number of thiophene rings is 1. The van der Waals surface area contributed by atoms with E-state index < -0.39 is 43.8 Å². The molecule has 0 fully saturated rings. The van der Waals surface area contributed by atoms with E-state index in [0.717, 1.165) is 10.8 Å². The predicted molar refractivity (Wildman–Crippen MR) is 65.5 cm³/mol. The molecule has 0 saturated heterocycles. The summed E-state index contributed by atoms with van der Waals surface area (Å²) in [5.74, 6) is -12.1. The van der Waals surface area contributed by atoms with Gasteiger partial charge in [-0.2, -0.15) is 30.7 Å². The molecule has 0 amide bonds. The van der Waals surface area contributed by atoms with Crippen molar-refractivity contribution in [1.29, 1.82) is 0 Å². The average molecular weight is 414 g/mol. The molecule has 0 unspecified atom stereocenters. The van der Waals surface area contributed by atoms with Crippen molar-refractivity contribution in [3.63, 3.8) is 0 Å². The molecule has 14 heteroatoms. The maximum atomic E-state index is 13.0. The third-order valence-electron chi connectivity index (χ3n) is 2.21. The van der Waals surface area contributed by atoms with Gasteiger partial charge >= 0.3 is 18.0 Å². The van der Waals surface area contributed by atoms with Crippen molar-refractivity contribution in [2.24, 2.45) is 0 Å². The van der Waals surface area contributed by atoms with Crippen LogP contribution in [0.3, 0.4) is 0 Å². The summed E-state index contributed by atoms with van der Waals surface area (Å²) in [4.78, 5) is -0.810. The molecular weight excluding hydrogens is 410 g/mol. The summed E-state index contributed by atoms with van der Waals surface area (Å²) in [5.41, 5.74) is 0. The van der Waals surface area contributed by atoms with Crippen molar-refractivity contribution in [3.05, 3.63) is 14.7 Å². The van der Waals surface area contributed by atoms with E-state index in [9.17, 15) is 39.2 Å². The van der Waals surface area contributed by atoms with Gasteiger partial charge < -0.3 is 0 Å². The van der Waals surface area contributed by atoms with Crippen LogP contribution in [-0.4, -0.2) is 33.0 Å². The monoisotopic (exact) mass is 413 g/mol. The van der Waals surface area contributed by atoms with Gasteiger partial charge in [0.15, 0.2) is 0 Å². The van der Waals surface area contributed by atoms with Gasteiger partial charge in [-0.15, -0.1) is 11.3 Å². The van der Waals surface area contributed by atoms with Crippen molar-refractivity contribution < 1.29 is 39.2 Å². The van der Waals surface area contributed by atoms with Gasteiger partial charge in [0.1, 0.15) is 9.23 Å². The minimum Gasteiger partial charge on any atom is -0.207 e. The molecule has 0 radical (unpaired) electrons. The molecule has 0 saturated carbocycles. The Bertz CT molecular complexity index is 656. The van der Waals surface area contributed by atoms with Crippen LogP contribution >= 0.6 is 34.5 Å². The van der Waals surface area contributed by atoms with Gasteiger partial charge in [-0.1, -0.05) is 23.2 Å². The number of rotatable bonds is 5. The van der Waals surface area contributed by atoms with E-state index >= 15 is 0 Å². The van der Waals surface area contributed by atoms with Crippen LogP contribution in [0, 0.1) is 0 Å².